The highest BCUT2D eigenvalue weighted by Crippen LogP contribution is 2.31. The monoisotopic (exact) mass is 452 g/mol. The van der Waals surface area contributed by atoms with Crippen LogP contribution in [0.15, 0.2) is 37.4 Å². The second-order valence-corrected chi connectivity index (χ2v) is 8.99. The zero-order chi connectivity index (χ0) is 20.6. The van der Waals surface area contributed by atoms with Crippen LogP contribution in [0.1, 0.15) is 19.2 Å². The number of hydrogen-bond donors (Lipinski definition) is 1. The van der Waals surface area contributed by atoms with E-state index in [-0.39, 0.29) is 11.6 Å². The molecule has 152 valence electrons. The number of carbonyl (C=O) groups is 1. The Hall–Kier alpha value is -2.51. The maximum atomic E-state index is 11.6. The van der Waals surface area contributed by atoms with Gasteiger partial charge in [0.2, 0.25) is 17.7 Å². The van der Waals surface area contributed by atoms with Crippen LogP contribution in [0.5, 0.6) is 0 Å². The molecular weight excluding hydrogens is 436 g/mol. The molecule has 2 heterocycles. The van der Waals surface area contributed by atoms with Crippen molar-refractivity contribution in [3.05, 3.63) is 40.3 Å². The van der Waals surface area contributed by atoms with Crippen molar-refractivity contribution in [1.82, 2.24) is 25.7 Å². The van der Waals surface area contributed by atoms with Gasteiger partial charge in [-0.05, 0) is 18.6 Å². The normalized spacial score (nSPS) is 10.8. The summed E-state index contributed by atoms with van der Waals surface area (Å²) in [6, 6.07) is 5.90. The molecule has 13 heteroatoms. The number of thioether (sulfide) groups is 2. The fourth-order valence-corrected chi connectivity index (χ4v) is 4.72. The number of amides is 1. The summed E-state index contributed by atoms with van der Waals surface area (Å²) in [4.78, 5) is 21.9. The predicted octanol–water partition coefficient (Wildman–Crippen LogP) is 3.41. The molecule has 0 saturated carbocycles. The maximum absolute atomic E-state index is 11.6. The van der Waals surface area contributed by atoms with Crippen molar-refractivity contribution < 1.29 is 14.1 Å². The molecule has 0 fully saturated rings. The van der Waals surface area contributed by atoms with E-state index >= 15 is 0 Å². The first-order valence-electron chi connectivity index (χ1n) is 8.48. The van der Waals surface area contributed by atoms with E-state index in [1.54, 1.807) is 12.1 Å². The van der Waals surface area contributed by atoms with Crippen LogP contribution in [0, 0.1) is 10.1 Å². The minimum absolute atomic E-state index is 0.00293. The summed E-state index contributed by atoms with van der Waals surface area (Å²) in [6.07, 6.45) is 0.900. The number of hydrogen-bond acceptors (Lipinski definition) is 11. The number of nitrogens with zero attached hydrogens (tertiary/aromatic N) is 5. The molecule has 0 unspecified atom stereocenters. The lowest BCUT2D eigenvalue weighted by atomic mass is 10.2. The Labute approximate surface area is 178 Å². The molecule has 0 spiro atoms. The van der Waals surface area contributed by atoms with Crippen molar-refractivity contribution in [1.29, 1.82) is 0 Å². The Bertz CT molecular complexity index is 975. The fraction of sp³-hybridized carbons (Fsp3) is 0.312. The SMILES string of the molecule is CCCNC(=O)CSc1nnc(SCc2nnc(-c3ccc([N+](=O)[O-])cc3)o2)s1. The standard InChI is InChI=1S/C16H16N6O4S3/c1-2-7-17-12(23)8-27-15-20-21-16(29-15)28-9-13-18-19-14(26-13)10-3-5-11(6-4-10)22(24)25/h3-6H,2,7-9H2,1H3,(H,17,23). The van der Waals surface area contributed by atoms with Crippen molar-refractivity contribution in [3.63, 3.8) is 0 Å². The summed E-state index contributed by atoms with van der Waals surface area (Å²) < 4.78 is 7.05. The number of carbonyl (C=O) groups excluding carboxylic acids is 1. The molecule has 3 aromatic rings. The highest BCUT2D eigenvalue weighted by atomic mass is 32.2. The van der Waals surface area contributed by atoms with Gasteiger partial charge >= 0.3 is 0 Å². The second kappa shape index (κ2) is 10.3. The Morgan fingerprint density at radius 3 is 2.59 bits per heavy atom. The molecule has 0 saturated heterocycles. The van der Waals surface area contributed by atoms with Crippen LogP contribution >= 0.6 is 34.9 Å². The first-order valence-corrected chi connectivity index (χ1v) is 11.3. The average Bonchev–Trinajstić information content (AvgIpc) is 3.38. The van der Waals surface area contributed by atoms with Gasteiger partial charge in [-0.15, -0.1) is 20.4 Å². The summed E-state index contributed by atoms with van der Waals surface area (Å²) in [5.74, 6) is 1.40. The molecule has 1 amide bonds. The third-order valence-electron chi connectivity index (χ3n) is 3.40. The lowest BCUT2D eigenvalue weighted by Gasteiger charge is -2.00. The molecule has 2 aromatic heterocycles. The Morgan fingerprint density at radius 1 is 1.17 bits per heavy atom. The highest BCUT2D eigenvalue weighted by Gasteiger charge is 2.13. The molecular formula is C16H16N6O4S3. The predicted molar refractivity (Wildman–Crippen MR) is 110 cm³/mol. The van der Waals surface area contributed by atoms with Gasteiger partial charge < -0.3 is 9.73 Å². The van der Waals surface area contributed by atoms with Crippen LogP contribution in [0.2, 0.25) is 0 Å². The number of nitro benzene ring substituents is 1. The second-order valence-electron chi connectivity index (χ2n) is 5.57. The van der Waals surface area contributed by atoms with Crippen LogP contribution in [-0.2, 0) is 10.5 Å². The van der Waals surface area contributed by atoms with E-state index in [0.29, 0.717) is 35.4 Å². The van der Waals surface area contributed by atoms with Gasteiger partial charge in [-0.3, -0.25) is 14.9 Å². The molecule has 1 aromatic carbocycles. The summed E-state index contributed by atoms with van der Waals surface area (Å²) in [5, 5.41) is 29.6. The topological polar surface area (TPSA) is 137 Å². The van der Waals surface area contributed by atoms with Crippen LogP contribution in [0.4, 0.5) is 5.69 Å². The number of nitrogens with one attached hydrogen (secondary N) is 1. The third kappa shape index (κ3) is 6.24. The van der Waals surface area contributed by atoms with E-state index in [1.807, 2.05) is 6.92 Å². The summed E-state index contributed by atoms with van der Waals surface area (Å²) >= 11 is 4.14. The lowest BCUT2D eigenvalue weighted by Crippen LogP contribution is -2.25. The molecule has 10 nitrogen and oxygen atoms in total. The molecule has 0 radical (unpaired) electrons. The van der Waals surface area contributed by atoms with Crippen LogP contribution in [0.25, 0.3) is 11.5 Å². The minimum Gasteiger partial charge on any atom is -0.420 e. The van der Waals surface area contributed by atoms with Gasteiger partial charge in [0.25, 0.3) is 5.69 Å². The number of aromatic nitrogens is 4. The Morgan fingerprint density at radius 2 is 1.90 bits per heavy atom. The molecule has 0 atom stereocenters. The van der Waals surface area contributed by atoms with Gasteiger partial charge in [-0.1, -0.05) is 41.8 Å². The summed E-state index contributed by atoms with van der Waals surface area (Å²) in [7, 11) is 0. The lowest BCUT2D eigenvalue weighted by molar-refractivity contribution is -0.384. The number of non-ortho nitro benzene ring substituents is 1. The molecule has 0 bridgehead atoms. The Balaban J connectivity index is 1.50. The first kappa shape index (κ1) is 21.2. The maximum Gasteiger partial charge on any atom is 0.269 e. The molecule has 0 aliphatic heterocycles. The van der Waals surface area contributed by atoms with Crippen molar-refractivity contribution in [2.24, 2.45) is 0 Å². The van der Waals surface area contributed by atoms with E-state index < -0.39 is 4.92 Å². The number of benzene rings is 1. The third-order valence-corrected chi connectivity index (χ3v) is 6.57. The van der Waals surface area contributed by atoms with Gasteiger partial charge in [-0.25, -0.2) is 0 Å². The van der Waals surface area contributed by atoms with Crippen molar-refractivity contribution >= 4 is 46.5 Å². The average molecular weight is 453 g/mol. The van der Waals surface area contributed by atoms with Crippen molar-refractivity contribution in [2.75, 3.05) is 12.3 Å². The van der Waals surface area contributed by atoms with Crippen molar-refractivity contribution in [2.45, 2.75) is 27.8 Å². The molecule has 3 rings (SSSR count). The summed E-state index contributed by atoms with van der Waals surface area (Å²) in [6.45, 7) is 2.67. The van der Waals surface area contributed by atoms with Gasteiger partial charge in [0.05, 0.1) is 16.4 Å². The van der Waals surface area contributed by atoms with E-state index in [4.69, 9.17) is 4.42 Å². The quantitative estimate of drug-likeness (QED) is 0.277. The van der Waals surface area contributed by atoms with Crippen molar-refractivity contribution in [3.8, 4) is 11.5 Å². The highest BCUT2D eigenvalue weighted by molar-refractivity contribution is 8.03. The first-order chi connectivity index (χ1) is 14.0. The van der Waals surface area contributed by atoms with Gasteiger partial charge in [0.1, 0.15) is 0 Å². The molecule has 1 N–H and O–H groups in total. The number of rotatable bonds is 10. The van der Waals surface area contributed by atoms with Crippen LogP contribution in [-0.4, -0.2) is 43.5 Å². The molecule has 0 aliphatic carbocycles. The fourth-order valence-electron chi connectivity index (χ4n) is 2.03. The van der Waals surface area contributed by atoms with Crippen LogP contribution < -0.4 is 5.32 Å². The van der Waals surface area contributed by atoms with E-state index in [2.05, 4.69) is 25.7 Å². The largest absolute Gasteiger partial charge is 0.420 e. The zero-order valence-electron chi connectivity index (χ0n) is 15.2. The minimum atomic E-state index is -0.466. The van der Waals surface area contributed by atoms with E-state index in [9.17, 15) is 14.9 Å². The smallest absolute Gasteiger partial charge is 0.269 e. The molecule has 0 aliphatic rings. The number of nitro groups is 1. The van der Waals surface area contributed by atoms with Gasteiger partial charge in [-0.2, -0.15) is 0 Å². The molecule has 29 heavy (non-hydrogen) atoms. The van der Waals surface area contributed by atoms with E-state index in [0.717, 1.165) is 15.1 Å². The van der Waals surface area contributed by atoms with Gasteiger partial charge in [0, 0.05) is 24.2 Å². The van der Waals surface area contributed by atoms with Gasteiger partial charge in [0.15, 0.2) is 8.68 Å². The zero-order valence-corrected chi connectivity index (χ0v) is 17.7. The van der Waals surface area contributed by atoms with Crippen LogP contribution in [0.3, 0.4) is 0 Å². The summed E-state index contributed by atoms with van der Waals surface area (Å²) in [5.41, 5.74) is 0.604. The van der Waals surface area contributed by atoms with E-state index in [1.165, 1.54) is 47.0 Å². The Kier molecular flexibility index (Phi) is 7.55.